The second-order valence-corrected chi connectivity index (χ2v) is 5.70. The van der Waals surface area contributed by atoms with Crippen molar-refractivity contribution in [3.63, 3.8) is 0 Å². The van der Waals surface area contributed by atoms with Gasteiger partial charge in [0, 0.05) is 26.9 Å². The van der Waals surface area contributed by atoms with Gasteiger partial charge in [-0.05, 0) is 54.3 Å². The van der Waals surface area contributed by atoms with Crippen LogP contribution in [0.4, 0.5) is 11.4 Å². The van der Waals surface area contributed by atoms with E-state index in [1.807, 2.05) is 6.07 Å². The number of rotatable bonds is 4. The molecule has 0 aromatic heterocycles. The maximum Gasteiger partial charge on any atom is 0.270 e. The quantitative estimate of drug-likeness (QED) is 0.510. The number of halogens is 1. The van der Waals surface area contributed by atoms with Crippen molar-refractivity contribution in [3.05, 3.63) is 31.9 Å². The highest BCUT2D eigenvalue weighted by molar-refractivity contribution is 14.1. The summed E-state index contributed by atoms with van der Waals surface area (Å²) in [7, 11) is 0. The van der Waals surface area contributed by atoms with Crippen LogP contribution in [0, 0.1) is 13.7 Å². The monoisotopic (exact) mass is 346 g/mol. The average Bonchev–Trinajstić information content (AvgIpc) is 2.25. The van der Waals surface area contributed by atoms with Crippen LogP contribution in [-0.4, -0.2) is 10.5 Å². The third-order valence-corrected chi connectivity index (χ3v) is 4.44. The number of anilines is 1. The lowest BCUT2D eigenvalue weighted by molar-refractivity contribution is -0.384. The lowest BCUT2D eigenvalue weighted by atomic mass is 9.74. The number of non-ortho nitro benzene ring substituents is 1. The summed E-state index contributed by atoms with van der Waals surface area (Å²) in [5.74, 6) is 0. The summed E-state index contributed by atoms with van der Waals surface area (Å²) in [6, 6.07) is 4.99. The van der Waals surface area contributed by atoms with E-state index in [9.17, 15) is 10.1 Å². The Morgan fingerprint density at radius 3 is 2.65 bits per heavy atom. The molecule has 4 nitrogen and oxygen atoms in total. The largest absolute Gasteiger partial charge is 0.379 e. The predicted octanol–water partition coefficient (Wildman–Crippen LogP) is 3.94. The molecule has 1 fully saturated rings. The van der Waals surface area contributed by atoms with Crippen molar-refractivity contribution < 1.29 is 4.92 Å². The van der Waals surface area contributed by atoms with E-state index in [2.05, 4.69) is 34.8 Å². The molecular weight excluding hydrogens is 331 g/mol. The first-order valence-corrected chi connectivity index (χ1v) is 6.86. The van der Waals surface area contributed by atoms with Crippen LogP contribution < -0.4 is 5.32 Å². The first-order chi connectivity index (χ1) is 8.06. The molecule has 0 bridgehead atoms. The zero-order valence-electron chi connectivity index (χ0n) is 9.70. The van der Waals surface area contributed by atoms with E-state index < -0.39 is 0 Å². The van der Waals surface area contributed by atoms with E-state index in [1.54, 1.807) is 12.1 Å². The summed E-state index contributed by atoms with van der Waals surface area (Å²) in [6.45, 7) is 2.18. The van der Waals surface area contributed by atoms with Crippen LogP contribution >= 0.6 is 22.6 Å². The minimum absolute atomic E-state index is 0.152. The van der Waals surface area contributed by atoms with E-state index in [-0.39, 0.29) is 16.1 Å². The maximum absolute atomic E-state index is 10.7. The Hall–Kier alpha value is -0.850. The van der Waals surface area contributed by atoms with Gasteiger partial charge in [-0.2, -0.15) is 0 Å². The molecule has 0 radical (unpaired) electrons. The zero-order chi connectivity index (χ0) is 12.5. The van der Waals surface area contributed by atoms with E-state index in [1.165, 1.54) is 19.3 Å². The van der Waals surface area contributed by atoms with Gasteiger partial charge >= 0.3 is 0 Å². The summed E-state index contributed by atoms with van der Waals surface area (Å²) in [5, 5.41) is 14.2. The van der Waals surface area contributed by atoms with Gasteiger partial charge in [-0.15, -0.1) is 0 Å². The lowest BCUT2D eigenvalue weighted by Gasteiger charge is -2.43. The van der Waals surface area contributed by atoms with E-state index in [4.69, 9.17) is 0 Å². The topological polar surface area (TPSA) is 55.2 Å². The SMILES string of the molecule is CCC1(Nc2ccc([N+](=O)[O-])cc2I)CCC1. The first-order valence-electron chi connectivity index (χ1n) is 5.78. The molecule has 0 amide bonds. The second kappa shape index (κ2) is 4.80. The van der Waals surface area contributed by atoms with Crippen LogP contribution in [0.2, 0.25) is 0 Å². The smallest absolute Gasteiger partial charge is 0.270 e. The average molecular weight is 346 g/mol. The molecule has 0 unspecified atom stereocenters. The van der Waals surface area contributed by atoms with Gasteiger partial charge in [0.15, 0.2) is 0 Å². The van der Waals surface area contributed by atoms with E-state index in [0.717, 1.165) is 15.7 Å². The molecule has 5 heteroatoms. The summed E-state index contributed by atoms with van der Waals surface area (Å²) in [5.41, 5.74) is 1.38. The van der Waals surface area contributed by atoms with E-state index in [0.29, 0.717) is 0 Å². The van der Waals surface area contributed by atoms with Gasteiger partial charge in [0.25, 0.3) is 5.69 Å². The van der Waals surface area contributed by atoms with Gasteiger partial charge in [0.05, 0.1) is 4.92 Å². The molecule has 1 aromatic rings. The Labute approximate surface area is 114 Å². The fourth-order valence-corrected chi connectivity index (χ4v) is 2.81. The highest BCUT2D eigenvalue weighted by Crippen LogP contribution is 2.39. The normalized spacial score (nSPS) is 17.3. The third kappa shape index (κ3) is 2.53. The highest BCUT2D eigenvalue weighted by atomic mass is 127. The minimum Gasteiger partial charge on any atom is -0.379 e. The van der Waals surface area contributed by atoms with Gasteiger partial charge in [-0.1, -0.05) is 6.92 Å². The van der Waals surface area contributed by atoms with Crippen molar-refractivity contribution in [2.75, 3.05) is 5.32 Å². The number of nitrogens with zero attached hydrogens (tertiary/aromatic N) is 1. The molecule has 1 aliphatic rings. The highest BCUT2D eigenvalue weighted by Gasteiger charge is 2.35. The van der Waals surface area contributed by atoms with Crippen molar-refractivity contribution in [3.8, 4) is 0 Å². The van der Waals surface area contributed by atoms with Crippen LogP contribution in [0.15, 0.2) is 18.2 Å². The summed E-state index contributed by atoms with van der Waals surface area (Å²) in [6.07, 6.45) is 4.75. The number of hydrogen-bond acceptors (Lipinski definition) is 3. The summed E-state index contributed by atoms with van der Waals surface area (Å²) < 4.78 is 0.913. The molecule has 0 atom stereocenters. The van der Waals surface area contributed by atoms with Crippen LogP contribution in [0.1, 0.15) is 32.6 Å². The van der Waals surface area contributed by atoms with Gasteiger partial charge < -0.3 is 5.32 Å². The fraction of sp³-hybridized carbons (Fsp3) is 0.500. The molecule has 1 N–H and O–H groups in total. The van der Waals surface area contributed by atoms with Crippen molar-refractivity contribution in [2.45, 2.75) is 38.1 Å². The van der Waals surface area contributed by atoms with Gasteiger partial charge in [-0.25, -0.2) is 0 Å². The molecule has 1 aromatic carbocycles. The number of nitro groups is 1. The number of hydrogen-bond donors (Lipinski definition) is 1. The minimum atomic E-state index is -0.356. The van der Waals surface area contributed by atoms with Crippen molar-refractivity contribution in [2.24, 2.45) is 0 Å². The Bertz CT molecular complexity index is 439. The molecule has 0 heterocycles. The Morgan fingerprint density at radius 1 is 1.53 bits per heavy atom. The lowest BCUT2D eigenvalue weighted by Crippen LogP contribution is -2.44. The zero-order valence-corrected chi connectivity index (χ0v) is 11.9. The summed E-state index contributed by atoms with van der Waals surface area (Å²) >= 11 is 2.15. The standard InChI is InChI=1S/C12H15IN2O2/c1-2-12(6-3-7-12)14-11-5-4-9(15(16)17)8-10(11)13/h4-5,8,14H,2-3,6-7H2,1H3. The molecule has 0 saturated heterocycles. The van der Waals surface area contributed by atoms with Crippen molar-refractivity contribution in [1.82, 2.24) is 0 Å². The van der Waals surface area contributed by atoms with Crippen LogP contribution in [0.5, 0.6) is 0 Å². The fourth-order valence-electron chi connectivity index (χ4n) is 2.18. The van der Waals surface area contributed by atoms with Crippen LogP contribution in [0.3, 0.4) is 0 Å². The first kappa shape index (κ1) is 12.6. The van der Waals surface area contributed by atoms with Crippen LogP contribution in [0.25, 0.3) is 0 Å². The molecule has 17 heavy (non-hydrogen) atoms. The molecule has 1 aliphatic carbocycles. The van der Waals surface area contributed by atoms with Gasteiger partial charge in [0.1, 0.15) is 0 Å². The maximum atomic E-state index is 10.7. The summed E-state index contributed by atoms with van der Waals surface area (Å²) in [4.78, 5) is 10.3. The molecule has 0 spiro atoms. The van der Waals surface area contributed by atoms with Crippen LogP contribution in [-0.2, 0) is 0 Å². The van der Waals surface area contributed by atoms with Crippen molar-refractivity contribution in [1.29, 1.82) is 0 Å². The third-order valence-electron chi connectivity index (χ3n) is 3.55. The van der Waals surface area contributed by atoms with Gasteiger partial charge in [-0.3, -0.25) is 10.1 Å². The molecule has 0 aliphatic heterocycles. The Morgan fingerprint density at radius 2 is 2.24 bits per heavy atom. The van der Waals surface area contributed by atoms with Gasteiger partial charge in [0.2, 0.25) is 0 Å². The molecular formula is C12H15IN2O2. The number of nitro benzene ring substituents is 1. The predicted molar refractivity (Wildman–Crippen MR) is 76.3 cm³/mol. The number of benzene rings is 1. The molecule has 1 saturated carbocycles. The molecule has 2 rings (SSSR count). The Kier molecular flexibility index (Phi) is 3.56. The Balaban J connectivity index is 2.19. The van der Waals surface area contributed by atoms with Crippen molar-refractivity contribution >= 4 is 34.0 Å². The second-order valence-electron chi connectivity index (χ2n) is 4.53. The van der Waals surface area contributed by atoms with E-state index >= 15 is 0 Å². The molecule has 92 valence electrons. The number of nitrogens with one attached hydrogen (secondary N) is 1.